The smallest absolute Gasteiger partial charge is 0.159 e. The van der Waals surface area contributed by atoms with Crippen molar-refractivity contribution < 1.29 is 0 Å². The number of aromatic nitrogens is 6. The summed E-state index contributed by atoms with van der Waals surface area (Å²) < 4.78 is 4.84. The Labute approximate surface area is 541 Å². The van der Waals surface area contributed by atoms with Crippen molar-refractivity contribution in [3.8, 4) is 135 Å². The first kappa shape index (κ1) is 52.2. The summed E-state index contributed by atoms with van der Waals surface area (Å²) in [5, 5.41) is 9.83. The van der Waals surface area contributed by atoms with Gasteiger partial charge in [-0.05, 0) is 149 Å². The highest BCUT2D eigenvalue weighted by molar-refractivity contribution is 6.16. The molecule has 20 rings (SSSR count). The minimum absolute atomic E-state index is 0.733. The van der Waals surface area contributed by atoms with E-state index in [0.717, 1.165) is 118 Å². The molecule has 0 unspecified atom stereocenters. The van der Waals surface area contributed by atoms with E-state index in [1.165, 1.54) is 81.9 Å². The van der Waals surface area contributed by atoms with Crippen LogP contribution in [-0.2, 0) is 0 Å². The summed E-state index contributed by atoms with van der Waals surface area (Å²) in [4.78, 5) is 20.0. The Morgan fingerprint density at radius 3 is 1.12 bits per heavy atom. The molecule has 94 heavy (non-hydrogen) atoms. The zero-order valence-electron chi connectivity index (χ0n) is 50.7. The average Bonchev–Trinajstić information content (AvgIpc) is 1.62. The summed E-state index contributed by atoms with van der Waals surface area (Å²) in [6, 6.07) is 110. The molecule has 0 amide bonds. The van der Waals surface area contributed by atoms with Gasteiger partial charge in [0.15, 0.2) is 11.6 Å². The number of nitrogens with zero attached hydrogens (tertiary/aromatic N) is 6. The molecule has 0 aliphatic heterocycles. The van der Waals surface area contributed by atoms with Gasteiger partial charge in [0.25, 0.3) is 0 Å². The van der Waals surface area contributed by atoms with E-state index < -0.39 is 0 Å². The molecule has 14 aromatic carbocycles. The Morgan fingerprint density at radius 1 is 0.213 bits per heavy atom. The molecule has 0 N–H and O–H groups in total. The van der Waals surface area contributed by atoms with Crippen LogP contribution in [0.4, 0.5) is 0 Å². The van der Waals surface area contributed by atoms with Crippen LogP contribution in [0, 0.1) is 0 Å². The number of para-hydroxylation sites is 2. The number of hydrogen-bond acceptors (Lipinski definition) is 4. The van der Waals surface area contributed by atoms with Gasteiger partial charge < -0.3 is 9.13 Å². The quantitative estimate of drug-likeness (QED) is 0.144. The van der Waals surface area contributed by atoms with Gasteiger partial charge in [-0.2, -0.15) is 0 Å². The van der Waals surface area contributed by atoms with Crippen molar-refractivity contribution in [3.05, 3.63) is 316 Å². The Morgan fingerprint density at radius 2 is 0.585 bits per heavy atom. The molecule has 6 heteroatoms. The van der Waals surface area contributed by atoms with Gasteiger partial charge in [0, 0.05) is 78.7 Å². The Bertz CT molecular complexity index is 6170. The SMILES string of the molecule is c1ccc(-n2c3ccc(-c4ccc(-c5ccc(-c6ncc7c(n6)-c6cccc8cccc-7c68)cc5)cc4)cc3c3cc(-c4cccc(-n5c6ccccc6c6ccc(-c7ccc(-c8ccc(-c9ncc%10c(n9)-c9cccc%11cccc-%10c9%11)cc8)cc7)cc65)c4)ccc32)cc1. The Hall–Kier alpha value is -12.6. The lowest BCUT2D eigenvalue weighted by molar-refractivity contribution is 1.18. The van der Waals surface area contributed by atoms with Crippen LogP contribution >= 0.6 is 0 Å². The summed E-state index contributed by atoms with van der Waals surface area (Å²) >= 11 is 0. The lowest BCUT2D eigenvalue weighted by Gasteiger charge is -2.12. The Kier molecular flexibility index (Phi) is 11.3. The fraction of sp³-hybridized carbons (Fsp3) is 0. The van der Waals surface area contributed by atoms with E-state index in [9.17, 15) is 0 Å². The molecule has 0 saturated heterocycles. The molecule has 0 atom stereocenters. The summed E-state index contributed by atoms with van der Waals surface area (Å²) in [6.07, 6.45) is 3.98. The maximum atomic E-state index is 5.14. The number of fused-ring (bicyclic) bond motifs is 12. The van der Waals surface area contributed by atoms with Gasteiger partial charge in [-0.1, -0.05) is 243 Å². The fourth-order valence-electron chi connectivity index (χ4n) is 15.2. The summed E-state index contributed by atoms with van der Waals surface area (Å²) in [5.41, 5.74) is 29.4. The number of rotatable bonds is 9. The molecule has 4 aromatic heterocycles. The van der Waals surface area contributed by atoms with Crippen LogP contribution in [0.3, 0.4) is 0 Å². The van der Waals surface area contributed by atoms with E-state index in [2.05, 4.69) is 312 Å². The first-order chi connectivity index (χ1) is 46.6. The maximum absolute atomic E-state index is 5.14. The molecular weight excluding hydrogens is 1140 g/mol. The third kappa shape index (κ3) is 8.09. The first-order valence-corrected chi connectivity index (χ1v) is 32.1. The van der Waals surface area contributed by atoms with Gasteiger partial charge >= 0.3 is 0 Å². The third-order valence-corrected chi connectivity index (χ3v) is 19.8. The van der Waals surface area contributed by atoms with Crippen LogP contribution in [0.5, 0.6) is 0 Å². The highest BCUT2D eigenvalue weighted by Crippen LogP contribution is 2.49. The third-order valence-electron chi connectivity index (χ3n) is 19.8. The van der Waals surface area contributed by atoms with Crippen molar-refractivity contribution in [2.45, 2.75) is 0 Å². The van der Waals surface area contributed by atoms with Crippen molar-refractivity contribution in [2.24, 2.45) is 0 Å². The van der Waals surface area contributed by atoms with E-state index in [1.54, 1.807) is 0 Å². The lowest BCUT2D eigenvalue weighted by Crippen LogP contribution is -1.95. The molecule has 0 radical (unpaired) electrons. The summed E-state index contributed by atoms with van der Waals surface area (Å²) in [7, 11) is 0. The van der Waals surface area contributed by atoms with Crippen molar-refractivity contribution in [1.82, 2.24) is 29.1 Å². The van der Waals surface area contributed by atoms with Crippen LogP contribution < -0.4 is 0 Å². The highest BCUT2D eigenvalue weighted by Gasteiger charge is 2.26. The van der Waals surface area contributed by atoms with Gasteiger partial charge in [-0.3, -0.25) is 0 Å². The minimum atomic E-state index is 0.733. The predicted molar refractivity (Wildman–Crippen MR) is 388 cm³/mol. The second-order valence-corrected chi connectivity index (χ2v) is 24.9. The van der Waals surface area contributed by atoms with Gasteiger partial charge in [0.2, 0.25) is 0 Å². The second-order valence-electron chi connectivity index (χ2n) is 24.9. The number of benzene rings is 14. The van der Waals surface area contributed by atoms with Crippen molar-refractivity contribution in [3.63, 3.8) is 0 Å². The van der Waals surface area contributed by atoms with Crippen molar-refractivity contribution in [2.75, 3.05) is 0 Å². The topological polar surface area (TPSA) is 61.4 Å². The van der Waals surface area contributed by atoms with Gasteiger partial charge in [-0.25, -0.2) is 19.9 Å². The second kappa shape index (κ2) is 20.4. The minimum Gasteiger partial charge on any atom is -0.309 e. The van der Waals surface area contributed by atoms with Crippen molar-refractivity contribution >= 4 is 65.2 Å². The largest absolute Gasteiger partial charge is 0.309 e. The van der Waals surface area contributed by atoms with Gasteiger partial charge in [0.1, 0.15) is 0 Å². The molecule has 18 aromatic rings. The highest BCUT2D eigenvalue weighted by atomic mass is 15.0. The van der Waals surface area contributed by atoms with Crippen LogP contribution in [0.25, 0.3) is 200 Å². The number of hydrogen-bond donors (Lipinski definition) is 0. The monoisotopic (exact) mass is 1190 g/mol. The van der Waals surface area contributed by atoms with Gasteiger partial charge in [0.05, 0.1) is 33.5 Å². The predicted octanol–water partition coefficient (Wildman–Crippen LogP) is 22.7. The molecule has 0 bridgehead atoms. The van der Waals surface area contributed by atoms with E-state index >= 15 is 0 Å². The van der Waals surface area contributed by atoms with Gasteiger partial charge in [-0.15, -0.1) is 0 Å². The first-order valence-electron chi connectivity index (χ1n) is 32.1. The molecule has 0 spiro atoms. The van der Waals surface area contributed by atoms with Crippen LogP contribution in [0.1, 0.15) is 0 Å². The standard InChI is InChI=1S/C88H52N6/c1-2-16-67(17-3-1)93-80-45-42-64(57-29-25-53(26-30-57)55-33-37-61(38-34-55)87-89-51-77-71-20-7-11-59-13-9-22-73(83(59)71)85(77)91-87)48-75(80)76-49-65(43-46-81(76)93)63-15-6-18-68(47-63)94-79-24-5-4-19-69(79)70-44-41-66(50-82(70)94)58-31-27-54(28-32-58)56-35-39-62(40-36-56)88-90-52-78-72-21-8-12-60-14-10-23-74(84(60)72)86(78)92-88/h1-52H. The van der Waals surface area contributed by atoms with E-state index in [1.807, 2.05) is 12.4 Å². The molecule has 6 nitrogen and oxygen atoms in total. The fourth-order valence-corrected chi connectivity index (χ4v) is 15.2. The summed E-state index contributed by atoms with van der Waals surface area (Å²) in [6.45, 7) is 0. The average molecular weight is 1190 g/mol. The zero-order valence-corrected chi connectivity index (χ0v) is 50.7. The van der Waals surface area contributed by atoms with Crippen LogP contribution in [-0.4, -0.2) is 29.1 Å². The molecule has 0 saturated carbocycles. The maximum Gasteiger partial charge on any atom is 0.159 e. The molecule has 2 aliphatic rings. The molecule has 4 heterocycles. The molecule has 434 valence electrons. The van der Waals surface area contributed by atoms with E-state index in [-0.39, 0.29) is 0 Å². The van der Waals surface area contributed by atoms with Crippen molar-refractivity contribution in [1.29, 1.82) is 0 Å². The molecule has 0 fully saturated rings. The normalized spacial score (nSPS) is 12.0. The van der Waals surface area contributed by atoms with E-state index in [0.29, 0.717) is 0 Å². The Balaban J connectivity index is 0.599. The lowest BCUT2D eigenvalue weighted by atomic mass is 9.98. The van der Waals surface area contributed by atoms with Crippen LogP contribution in [0.2, 0.25) is 0 Å². The van der Waals surface area contributed by atoms with E-state index in [4.69, 9.17) is 19.9 Å². The zero-order chi connectivity index (χ0) is 61.5. The van der Waals surface area contributed by atoms with Crippen LogP contribution in [0.15, 0.2) is 316 Å². The summed E-state index contributed by atoms with van der Waals surface area (Å²) in [5.74, 6) is 1.47. The molecular formula is C88H52N6. The molecule has 2 aliphatic carbocycles.